The van der Waals surface area contributed by atoms with E-state index in [2.05, 4.69) is 34.6 Å². The largest absolute Gasteiger partial charge is 0.496 e. The molecule has 0 radical (unpaired) electrons. The second kappa shape index (κ2) is 5.90. The smallest absolute Gasteiger partial charge is 0.123 e. The Hall–Kier alpha value is -1.80. The number of para-hydroxylation sites is 1. The van der Waals surface area contributed by atoms with E-state index >= 15 is 0 Å². The van der Waals surface area contributed by atoms with Gasteiger partial charge >= 0.3 is 0 Å². The van der Waals surface area contributed by atoms with E-state index in [4.69, 9.17) is 10.5 Å². The van der Waals surface area contributed by atoms with Gasteiger partial charge in [-0.3, -0.25) is 0 Å². The van der Waals surface area contributed by atoms with Crippen molar-refractivity contribution in [2.45, 2.75) is 40.7 Å². The van der Waals surface area contributed by atoms with Crippen LogP contribution in [0, 0.1) is 34.6 Å². The Kier molecular flexibility index (Phi) is 4.38. The molecule has 2 aromatic rings. The third kappa shape index (κ3) is 2.56. The molecule has 0 aliphatic carbocycles. The van der Waals surface area contributed by atoms with Gasteiger partial charge in [0.05, 0.1) is 13.2 Å². The zero-order valence-corrected chi connectivity index (χ0v) is 13.9. The average molecular weight is 283 g/mol. The molecule has 2 heteroatoms. The monoisotopic (exact) mass is 283 g/mol. The van der Waals surface area contributed by atoms with Crippen LogP contribution >= 0.6 is 0 Å². The van der Waals surface area contributed by atoms with E-state index in [1.165, 1.54) is 33.4 Å². The molecule has 0 bridgehead atoms. The van der Waals surface area contributed by atoms with Crippen LogP contribution in [0.2, 0.25) is 0 Å². The fourth-order valence-corrected chi connectivity index (χ4v) is 3.07. The lowest BCUT2D eigenvalue weighted by Gasteiger charge is -2.24. The van der Waals surface area contributed by atoms with Gasteiger partial charge in [-0.05, 0) is 74.1 Å². The molecular formula is C19H25NO. The molecule has 2 rings (SSSR count). The zero-order valence-electron chi connectivity index (χ0n) is 13.9. The molecule has 0 spiro atoms. The highest BCUT2D eigenvalue weighted by molar-refractivity contribution is 5.54. The molecule has 0 heterocycles. The lowest BCUT2D eigenvalue weighted by atomic mass is 9.84. The molecule has 2 N–H and O–H groups in total. The Morgan fingerprint density at radius 2 is 1.29 bits per heavy atom. The highest BCUT2D eigenvalue weighted by atomic mass is 16.5. The third-order valence-corrected chi connectivity index (χ3v) is 4.84. The van der Waals surface area contributed by atoms with E-state index in [-0.39, 0.29) is 6.04 Å². The highest BCUT2D eigenvalue weighted by Gasteiger charge is 2.21. The highest BCUT2D eigenvalue weighted by Crippen LogP contribution is 2.35. The molecule has 0 aliphatic rings. The Labute approximate surface area is 127 Å². The molecular weight excluding hydrogens is 258 g/mol. The van der Waals surface area contributed by atoms with Crippen molar-refractivity contribution in [2.75, 3.05) is 7.11 Å². The molecule has 0 aliphatic heterocycles. The molecule has 0 saturated heterocycles. The summed E-state index contributed by atoms with van der Waals surface area (Å²) in [6.45, 7) is 10.9. The Bertz CT molecular complexity index is 645. The van der Waals surface area contributed by atoms with Crippen LogP contribution in [0.15, 0.2) is 24.3 Å². The van der Waals surface area contributed by atoms with Crippen molar-refractivity contribution in [2.24, 2.45) is 5.73 Å². The average Bonchev–Trinajstić information content (AvgIpc) is 2.51. The number of methoxy groups -OCH3 is 1. The van der Waals surface area contributed by atoms with Gasteiger partial charge in [0.2, 0.25) is 0 Å². The predicted octanol–water partition coefficient (Wildman–Crippen LogP) is 4.29. The van der Waals surface area contributed by atoms with Gasteiger partial charge in [0, 0.05) is 5.56 Å². The summed E-state index contributed by atoms with van der Waals surface area (Å²) < 4.78 is 5.47. The topological polar surface area (TPSA) is 35.2 Å². The van der Waals surface area contributed by atoms with Crippen molar-refractivity contribution in [1.29, 1.82) is 0 Å². The van der Waals surface area contributed by atoms with Crippen LogP contribution < -0.4 is 10.5 Å². The summed E-state index contributed by atoms with van der Waals surface area (Å²) in [6.07, 6.45) is 0. The number of ether oxygens (including phenoxy) is 1. The molecule has 2 nitrogen and oxygen atoms in total. The second-order valence-electron chi connectivity index (χ2n) is 5.76. The summed E-state index contributed by atoms with van der Waals surface area (Å²) in [4.78, 5) is 0. The van der Waals surface area contributed by atoms with Crippen molar-refractivity contribution in [3.63, 3.8) is 0 Å². The fourth-order valence-electron chi connectivity index (χ4n) is 3.07. The number of benzene rings is 2. The van der Waals surface area contributed by atoms with Gasteiger partial charge in [-0.25, -0.2) is 0 Å². The molecule has 112 valence electrons. The van der Waals surface area contributed by atoms with Crippen LogP contribution in [-0.4, -0.2) is 7.11 Å². The summed E-state index contributed by atoms with van der Waals surface area (Å²) in [6, 6.07) is 7.83. The van der Waals surface area contributed by atoms with Crippen molar-refractivity contribution in [1.82, 2.24) is 0 Å². The summed E-state index contributed by atoms with van der Waals surface area (Å²) in [5, 5.41) is 0. The predicted molar refractivity (Wildman–Crippen MR) is 89.2 cm³/mol. The van der Waals surface area contributed by atoms with Crippen LogP contribution in [0.5, 0.6) is 5.75 Å². The Balaban J connectivity index is 2.67. The van der Waals surface area contributed by atoms with E-state index in [1.807, 2.05) is 24.3 Å². The SMILES string of the molecule is COc1ccccc1C(N)c1c(C)c(C)c(C)c(C)c1C. The first-order valence-electron chi connectivity index (χ1n) is 7.35. The van der Waals surface area contributed by atoms with Crippen LogP contribution in [0.1, 0.15) is 45.0 Å². The van der Waals surface area contributed by atoms with Crippen LogP contribution in [0.3, 0.4) is 0 Å². The minimum Gasteiger partial charge on any atom is -0.496 e. The van der Waals surface area contributed by atoms with Gasteiger partial charge in [-0.15, -0.1) is 0 Å². The van der Waals surface area contributed by atoms with Crippen molar-refractivity contribution >= 4 is 0 Å². The molecule has 1 unspecified atom stereocenters. The van der Waals surface area contributed by atoms with E-state index in [0.717, 1.165) is 11.3 Å². The molecule has 0 saturated carbocycles. The number of rotatable bonds is 3. The van der Waals surface area contributed by atoms with Gasteiger partial charge < -0.3 is 10.5 Å². The number of nitrogens with two attached hydrogens (primary N) is 1. The Morgan fingerprint density at radius 1 is 0.810 bits per heavy atom. The minimum absolute atomic E-state index is 0.167. The van der Waals surface area contributed by atoms with Crippen molar-refractivity contribution < 1.29 is 4.74 Å². The minimum atomic E-state index is -0.167. The molecule has 2 aromatic carbocycles. The van der Waals surface area contributed by atoms with E-state index in [1.54, 1.807) is 7.11 Å². The summed E-state index contributed by atoms with van der Waals surface area (Å²) in [7, 11) is 1.69. The number of hydrogen-bond donors (Lipinski definition) is 1. The van der Waals surface area contributed by atoms with E-state index < -0.39 is 0 Å². The van der Waals surface area contributed by atoms with E-state index in [0.29, 0.717) is 0 Å². The fraction of sp³-hybridized carbons (Fsp3) is 0.368. The van der Waals surface area contributed by atoms with Crippen LogP contribution in [0.4, 0.5) is 0 Å². The molecule has 21 heavy (non-hydrogen) atoms. The normalized spacial score (nSPS) is 12.3. The molecule has 0 amide bonds. The lowest BCUT2D eigenvalue weighted by molar-refractivity contribution is 0.408. The summed E-state index contributed by atoms with van der Waals surface area (Å²) in [5.41, 5.74) is 15.5. The van der Waals surface area contributed by atoms with Crippen LogP contribution in [-0.2, 0) is 0 Å². The summed E-state index contributed by atoms with van der Waals surface area (Å²) >= 11 is 0. The Morgan fingerprint density at radius 3 is 1.81 bits per heavy atom. The maximum atomic E-state index is 6.60. The lowest BCUT2D eigenvalue weighted by Crippen LogP contribution is -2.17. The van der Waals surface area contributed by atoms with Crippen LogP contribution in [0.25, 0.3) is 0 Å². The molecule has 1 atom stereocenters. The maximum absolute atomic E-state index is 6.60. The first-order valence-corrected chi connectivity index (χ1v) is 7.35. The van der Waals surface area contributed by atoms with Gasteiger partial charge in [0.15, 0.2) is 0 Å². The zero-order chi connectivity index (χ0) is 15.7. The van der Waals surface area contributed by atoms with Gasteiger partial charge in [0.1, 0.15) is 5.75 Å². The molecule has 0 fully saturated rings. The van der Waals surface area contributed by atoms with Gasteiger partial charge in [-0.1, -0.05) is 18.2 Å². The first-order chi connectivity index (χ1) is 9.90. The molecule has 0 aromatic heterocycles. The van der Waals surface area contributed by atoms with Crippen molar-refractivity contribution in [3.8, 4) is 5.75 Å². The summed E-state index contributed by atoms with van der Waals surface area (Å²) in [5.74, 6) is 0.847. The first kappa shape index (κ1) is 15.6. The van der Waals surface area contributed by atoms with Crippen molar-refractivity contribution in [3.05, 3.63) is 63.2 Å². The second-order valence-corrected chi connectivity index (χ2v) is 5.76. The standard InChI is InChI=1S/C19H25NO/c1-11-12(2)14(4)18(15(5)13(11)3)19(20)16-9-7-8-10-17(16)21-6/h7-10,19H,20H2,1-6H3. The van der Waals surface area contributed by atoms with Gasteiger partial charge in [0.25, 0.3) is 0 Å². The quantitative estimate of drug-likeness (QED) is 0.912. The third-order valence-electron chi connectivity index (χ3n) is 4.84. The number of hydrogen-bond acceptors (Lipinski definition) is 2. The van der Waals surface area contributed by atoms with E-state index in [9.17, 15) is 0 Å². The van der Waals surface area contributed by atoms with Gasteiger partial charge in [-0.2, -0.15) is 0 Å². The maximum Gasteiger partial charge on any atom is 0.123 e.